The Morgan fingerprint density at radius 1 is 1.37 bits per heavy atom. The third-order valence-corrected chi connectivity index (χ3v) is 4.62. The minimum absolute atomic E-state index is 0.000948. The topological polar surface area (TPSA) is 127 Å². The van der Waals surface area contributed by atoms with Crippen LogP contribution in [0.3, 0.4) is 0 Å². The number of hydrogen-bond donors (Lipinski definition) is 3. The van der Waals surface area contributed by atoms with Gasteiger partial charge in [0, 0.05) is 18.2 Å². The Morgan fingerprint density at radius 3 is 2.53 bits per heavy atom. The van der Waals surface area contributed by atoms with Crippen LogP contribution in [0.25, 0.3) is 0 Å². The number of hydrazine groups is 1. The van der Waals surface area contributed by atoms with E-state index in [4.69, 9.17) is 5.84 Å². The van der Waals surface area contributed by atoms with Gasteiger partial charge in [0.15, 0.2) is 0 Å². The van der Waals surface area contributed by atoms with Gasteiger partial charge < -0.3 is 5.43 Å². The van der Waals surface area contributed by atoms with Crippen molar-refractivity contribution in [1.29, 1.82) is 0 Å². The molecule has 0 spiro atoms. The predicted molar refractivity (Wildman–Crippen MR) is 68.9 cm³/mol. The minimum Gasteiger partial charge on any atom is -0.323 e. The van der Waals surface area contributed by atoms with Crippen LogP contribution in [0.15, 0.2) is 23.1 Å². The van der Waals surface area contributed by atoms with Crippen molar-refractivity contribution in [2.75, 3.05) is 5.43 Å². The standard InChI is InChI=1S/C10H14N4O4S/c11-12-9-6-8(14(15)16)4-5-10(9)19(17,18)13-7-2-1-3-7/h4-7,12-13H,1-3,11H2. The fraction of sp³-hybridized carbons (Fsp3) is 0.400. The van der Waals surface area contributed by atoms with Crippen LogP contribution in [0.1, 0.15) is 19.3 Å². The summed E-state index contributed by atoms with van der Waals surface area (Å²) in [4.78, 5) is 9.93. The van der Waals surface area contributed by atoms with Gasteiger partial charge in [0.25, 0.3) is 5.69 Å². The van der Waals surface area contributed by atoms with E-state index in [2.05, 4.69) is 10.1 Å². The van der Waals surface area contributed by atoms with Crippen molar-refractivity contribution in [2.24, 2.45) is 5.84 Å². The molecule has 0 aromatic heterocycles. The average molecular weight is 286 g/mol. The first-order valence-corrected chi connectivity index (χ1v) is 7.20. The van der Waals surface area contributed by atoms with Gasteiger partial charge >= 0.3 is 0 Å². The van der Waals surface area contributed by atoms with Crippen LogP contribution in [0.2, 0.25) is 0 Å². The monoisotopic (exact) mass is 286 g/mol. The normalized spacial score (nSPS) is 15.8. The number of sulfonamides is 1. The molecule has 1 aromatic rings. The van der Waals surface area contributed by atoms with Crippen molar-refractivity contribution in [3.05, 3.63) is 28.3 Å². The number of nitrogen functional groups attached to an aromatic ring is 1. The first kappa shape index (κ1) is 13.7. The first-order valence-electron chi connectivity index (χ1n) is 5.71. The third kappa shape index (κ3) is 2.83. The summed E-state index contributed by atoms with van der Waals surface area (Å²) in [6, 6.07) is 3.34. The number of nitro benzene ring substituents is 1. The van der Waals surface area contributed by atoms with Gasteiger partial charge in [-0.15, -0.1) is 0 Å². The molecule has 19 heavy (non-hydrogen) atoms. The Labute approximate surface area is 110 Å². The average Bonchev–Trinajstić information content (AvgIpc) is 2.33. The number of benzene rings is 1. The Morgan fingerprint density at radius 2 is 2.05 bits per heavy atom. The number of anilines is 1. The molecule has 1 aliphatic rings. The molecule has 0 saturated heterocycles. The van der Waals surface area contributed by atoms with Gasteiger partial charge in [0.05, 0.1) is 10.6 Å². The van der Waals surface area contributed by atoms with Gasteiger partial charge in [0.1, 0.15) is 4.90 Å². The Hall–Kier alpha value is -1.71. The summed E-state index contributed by atoms with van der Waals surface area (Å²) < 4.78 is 26.8. The third-order valence-electron chi connectivity index (χ3n) is 3.05. The van der Waals surface area contributed by atoms with E-state index in [0.29, 0.717) is 0 Å². The fourth-order valence-corrected chi connectivity index (χ4v) is 3.24. The first-order chi connectivity index (χ1) is 8.94. The zero-order valence-electron chi connectivity index (χ0n) is 10.00. The lowest BCUT2D eigenvalue weighted by Crippen LogP contribution is -2.39. The highest BCUT2D eigenvalue weighted by Gasteiger charge is 2.27. The second-order valence-corrected chi connectivity index (χ2v) is 6.01. The maximum absolute atomic E-state index is 12.1. The van der Waals surface area contributed by atoms with E-state index in [1.165, 1.54) is 6.07 Å². The van der Waals surface area contributed by atoms with Crippen LogP contribution in [-0.4, -0.2) is 19.4 Å². The largest absolute Gasteiger partial charge is 0.323 e. The number of nitrogens with zero attached hydrogens (tertiary/aromatic N) is 1. The molecule has 1 saturated carbocycles. The highest BCUT2D eigenvalue weighted by Crippen LogP contribution is 2.27. The predicted octanol–water partition coefficient (Wildman–Crippen LogP) is 0.711. The lowest BCUT2D eigenvalue weighted by Gasteiger charge is -2.26. The molecule has 4 N–H and O–H groups in total. The van der Waals surface area contributed by atoms with E-state index in [1.54, 1.807) is 0 Å². The molecular formula is C10H14N4O4S. The molecule has 104 valence electrons. The molecule has 0 unspecified atom stereocenters. The summed E-state index contributed by atoms with van der Waals surface area (Å²) in [5.74, 6) is 5.23. The van der Waals surface area contributed by atoms with E-state index < -0.39 is 14.9 Å². The van der Waals surface area contributed by atoms with Crippen molar-refractivity contribution in [1.82, 2.24) is 4.72 Å². The van der Waals surface area contributed by atoms with Crippen molar-refractivity contribution < 1.29 is 13.3 Å². The van der Waals surface area contributed by atoms with E-state index in [1.807, 2.05) is 0 Å². The Bertz CT molecular complexity index is 598. The lowest BCUT2D eigenvalue weighted by molar-refractivity contribution is -0.384. The molecule has 0 amide bonds. The van der Waals surface area contributed by atoms with E-state index in [-0.39, 0.29) is 22.3 Å². The summed E-state index contributed by atoms with van der Waals surface area (Å²) in [5.41, 5.74) is 1.96. The second-order valence-electron chi connectivity index (χ2n) is 4.33. The van der Waals surface area contributed by atoms with Gasteiger partial charge in [-0.05, 0) is 18.9 Å². The van der Waals surface area contributed by atoms with Crippen molar-refractivity contribution in [3.8, 4) is 0 Å². The van der Waals surface area contributed by atoms with Crippen LogP contribution in [0.5, 0.6) is 0 Å². The van der Waals surface area contributed by atoms with Gasteiger partial charge in [-0.25, -0.2) is 13.1 Å². The van der Waals surface area contributed by atoms with Crippen LogP contribution in [-0.2, 0) is 10.0 Å². The quantitative estimate of drug-likeness (QED) is 0.415. The summed E-state index contributed by atoms with van der Waals surface area (Å²) in [6.07, 6.45) is 2.60. The van der Waals surface area contributed by atoms with Crippen molar-refractivity contribution in [3.63, 3.8) is 0 Å². The summed E-state index contributed by atoms with van der Waals surface area (Å²) in [6.45, 7) is 0. The number of rotatable bonds is 5. The van der Waals surface area contributed by atoms with Crippen molar-refractivity contribution >= 4 is 21.4 Å². The van der Waals surface area contributed by atoms with Crippen LogP contribution in [0.4, 0.5) is 11.4 Å². The molecule has 0 radical (unpaired) electrons. The molecular weight excluding hydrogens is 272 g/mol. The Balaban J connectivity index is 2.35. The van der Waals surface area contributed by atoms with Crippen LogP contribution < -0.4 is 16.0 Å². The highest BCUT2D eigenvalue weighted by atomic mass is 32.2. The molecule has 8 nitrogen and oxygen atoms in total. The SMILES string of the molecule is NNc1cc([N+](=O)[O-])ccc1S(=O)(=O)NC1CCC1. The number of non-ortho nitro benzene ring substituents is 1. The van der Waals surface area contributed by atoms with Gasteiger partial charge in [0.2, 0.25) is 10.0 Å². The number of nitro groups is 1. The van der Waals surface area contributed by atoms with E-state index in [9.17, 15) is 18.5 Å². The van der Waals surface area contributed by atoms with Gasteiger partial charge in [-0.1, -0.05) is 6.42 Å². The molecule has 0 atom stereocenters. The second kappa shape index (κ2) is 5.11. The maximum atomic E-state index is 12.1. The Kier molecular flexibility index (Phi) is 3.69. The van der Waals surface area contributed by atoms with Crippen LogP contribution in [0, 0.1) is 10.1 Å². The summed E-state index contributed by atoms with van der Waals surface area (Å²) in [5, 5.41) is 10.6. The van der Waals surface area contributed by atoms with E-state index in [0.717, 1.165) is 31.4 Å². The summed E-state index contributed by atoms with van der Waals surface area (Å²) >= 11 is 0. The molecule has 1 aromatic carbocycles. The summed E-state index contributed by atoms with van der Waals surface area (Å²) in [7, 11) is -3.72. The molecule has 1 aliphatic carbocycles. The molecule has 2 rings (SSSR count). The van der Waals surface area contributed by atoms with E-state index >= 15 is 0 Å². The zero-order chi connectivity index (χ0) is 14.0. The number of hydrogen-bond acceptors (Lipinski definition) is 6. The maximum Gasteiger partial charge on any atom is 0.271 e. The minimum atomic E-state index is -3.72. The molecule has 0 heterocycles. The molecule has 0 bridgehead atoms. The molecule has 1 fully saturated rings. The smallest absolute Gasteiger partial charge is 0.271 e. The molecule has 9 heteroatoms. The van der Waals surface area contributed by atoms with Crippen LogP contribution >= 0.6 is 0 Å². The van der Waals surface area contributed by atoms with Gasteiger partial charge in [-0.3, -0.25) is 16.0 Å². The number of nitrogens with one attached hydrogen (secondary N) is 2. The lowest BCUT2D eigenvalue weighted by atomic mass is 9.94. The van der Waals surface area contributed by atoms with Crippen molar-refractivity contribution in [2.45, 2.75) is 30.2 Å². The van der Waals surface area contributed by atoms with Gasteiger partial charge in [-0.2, -0.15) is 0 Å². The molecule has 0 aliphatic heterocycles. The zero-order valence-corrected chi connectivity index (χ0v) is 10.8. The fourth-order valence-electron chi connectivity index (χ4n) is 1.79. The number of nitrogens with two attached hydrogens (primary N) is 1. The highest BCUT2D eigenvalue weighted by molar-refractivity contribution is 7.89.